The summed E-state index contributed by atoms with van der Waals surface area (Å²) < 4.78 is 25.2. The van der Waals surface area contributed by atoms with Crippen LogP contribution in [-0.2, 0) is 13.1 Å². The van der Waals surface area contributed by atoms with E-state index in [2.05, 4.69) is 5.32 Å². The quantitative estimate of drug-likeness (QED) is 0.363. The van der Waals surface area contributed by atoms with Crippen LogP contribution in [-0.4, -0.2) is 18.2 Å². The van der Waals surface area contributed by atoms with Gasteiger partial charge in [0, 0.05) is 24.7 Å². The zero-order valence-corrected chi connectivity index (χ0v) is 20.1. The lowest BCUT2D eigenvalue weighted by atomic mass is 10.0. The molecule has 36 heavy (non-hydrogen) atoms. The molecule has 0 saturated heterocycles. The lowest BCUT2D eigenvalue weighted by molar-refractivity contribution is 0.0694. The van der Waals surface area contributed by atoms with Gasteiger partial charge in [0.1, 0.15) is 22.7 Å². The average Bonchev–Trinajstić information content (AvgIpc) is 3.26. The first-order chi connectivity index (χ1) is 17.2. The van der Waals surface area contributed by atoms with E-state index < -0.39 is 12.0 Å². The summed E-state index contributed by atoms with van der Waals surface area (Å²) in [7, 11) is 1.42. The summed E-state index contributed by atoms with van der Waals surface area (Å²) in [6.45, 7) is 4.70. The molecule has 0 bridgehead atoms. The molecule has 2 N–H and O–H groups in total. The van der Waals surface area contributed by atoms with E-state index in [1.165, 1.54) is 25.3 Å². The summed E-state index contributed by atoms with van der Waals surface area (Å²) in [6.07, 6.45) is 0. The highest BCUT2D eigenvalue weighted by molar-refractivity contribution is 5.97. The summed E-state index contributed by atoms with van der Waals surface area (Å²) in [4.78, 5) is 27.0. The van der Waals surface area contributed by atoms with Gasteiger partial charge >= 0.3 is 5.97 Å². The van der Waals surface area contributed by atoms with Crippen LogP contribution in [0.3, 0.4) is 0 Å². The van der Waals surface area contributed by atoms with Crippen molar-refractivity contribution in [2.75, 3.05) is 17.3 Å². The van der Waals surface area contributed by atoms with Crippen LogP contribution in [0.1, 0.15) is 45.6 Å². The molecule has 0 aliphatic carbocycles. The number of benzene rings is 3. The van der Waals surface area contributed by atoms with Crippen LogP contribution in [0.4, 0.5) is 16.0 Å². The zero-order chi connectivity index (χ0) is 25.6. The predicted octanol–water partition coefficient (Wildman–Crippen LogP) is 5.64. The van der Waals surface area contributed by atoms with Gasteiger partial charge in [0.2, 0.25) is 5.88 Å². The molecule has 0 radical (unpaired) electrons. The van der Waals surface area contributed by atoms with Gasteiger partial charge in [-0.3, -0.25) is 4.79 Å². The Morgan fingerprint density at radius 3 is 2.67 bits per heavy atom. The Hall–Kier alpha value is -4.33. The molecule has 0 spiro atoms. The first-order valence-corrected chi connectivity index (χ1v) is 11.5. The summed E-state index contributed by atoms with van der Waals surface area (Å²) in [5.74, 6) is -0.775. The third kappa shape index (κ3) is 4.15. The first kappa shape index (κ1) is 23.4. The van der Waals surface area contributed by atoms with Crippen molar-refractivity contribution >= 4 is 28.5 Å². The molecule has 1 unspecified atom stereocenters. The van der Waals surface area contributed by atoms with Crippen LogP contribution in [0.25, 0.3) is 11.0 Å². The predicted molar refractivity (Wildman–Crippen MR) is 135 cm³/mol. The molecular formula is C28H25FN2O5. The Bertz CT molecular complexity index is 1560. The maximum Gasteiger partial charge on any atom is 0.341 e. The number of ether oxygens (including phenoxy) is 1. The van der Waals surface area contributed by atoms with E-state index >= 15 is 0 Å². The molecule has 5 rings (SSSR count). The highest BCUT2D eigenvalue weighted by Gasteiger charge is 2.24. The average molecular weight is 489 g/mol. The number of halogens is 1. The van der Waals surface area contributed by atoms with Crippen LogP contribution in [0.15, 0.2) is 63.8 Å². The lowest BCUT2D eigenvalue weighted by Crippen LogP contribution is -2.18. The smallest absolute Gasteiger partial charge is 0.341 e. The fraction of sp³-hybridized carbons (Fsp3) is 0.214. The number of carbonyl (C=O) groups is 1. The third-order valence-electron chi connectivity index (χ3n) is 6.49. The van der Waals surface area contributed by atoms with Crippen molar-refractivity contribution in [1.82, 2.24) is 0 Å². The fourth-order valence-corrected chi connectivity index (χ4v) is 4.77. The Balaban J connectivity index is 1.56. The number of rotatable bonds is 6. The van der Waals surface area contributed by atoms with Gasteiger partial charge in [-0.2, -0.15) is 0 Å². The number of hydrogen-bond donors (Lipinski definition) is 2. The van der Waals surface area contributed by atoms with E-state index in [1.54, 1.807) is 30.3 Å². The number of hydrogen-bond acceptors (Lipinski definition) is 6. The number of fused-ring (bicyclic) bond motifs is 2. The van der Waals surface area contributed by atoms with Crippen LogP contribution in [0, 0.1) is 12.7 Å². The maximum atomic E-state index is 13.7. The van der Waals surface area contributed by atoms with E-state index in [0.717, 1.165) is 16.7 Å². The van der Waals surface area contributed by atoms with Gasteiger partial charge in [-0.15, -0.1) is 0 Å². The summed E-state index contributed by atoms with van der Waals surface area (Å²) in [5.41, 5.74) is 4.08. The molecule has 1 aliphatic rings. The van der Waals surface area contributed by atoms with Gasteiger partial charge < -0.3 is 24.5 Å². The van der Waals surface area contributed by atoms with Crippen molar-refractivity contribution in [3.05, 3.63) is 98.5 Å². The summed E-state index contributed by atoms with van der Waals surface area (Å²) >= 11 is 0. The molecule has 4 aromatic rings. The minimum absolute atomic E-state index is 0.0213. The molecule has 184 valence electrons. The van der Waals surface area contributed by atoms with Gasteiger partial charge in [-0.25, -0.2) is 9.18 Å². The number of nitrogens with one attached hydrogen (secondary N) is 1. The molecule has 2 heterocycles. The van der Waals surface area contributed by atoms with Crippen molar-refractivity contribution in [3.8, 4) is 5.75 Å². The van der Waals surface area contributed by atoms with Crippen molar-refractivity contribution in [2.45, 2.75) is 33.0 Å². The number of carboxylic acid groups (broad SMARTS) is 1. The second-order valence-corrected chi connectivity index (χ2v) is 9.00. The second-order valence-electron chi connectivity index (χ2n) is 9.00. The van der Waals surface area contributed by atoms with Gasteiger partial charge in [-0.1, -0.05) is 18.2 Å². The molecule has 0 amide bonds. The van der Waals surface area contributed by atoms with Gasteiger partial charge in [0.25, 0.3) is 0 Å². The number of carboxylic acids is 1. The van der Waals surface area contributed by atoms with Gasteiger partial charge in [-0.05, 0) is 60.9 Å². The number of aromatic carboxylic acids is 1. The first-order valence-electron chi connectivity index (χ1n) is 11.5. The Morgan fingerprint density at radius 1 is 1.14 bits per heavy atom. The largest absolute Gasteiger partial charge is 0.496 e. The maximum absolute atomic E-state index is 13.7. The molecule has 0 fully saturated rings. The van der Waals surface area contributed by atoms with E-state index in [4.69, 9.17) is 9.15 Å². The molecule has 1 aromatic heterocycles. The van der Waals surface area contributed by atoms with E-state index in [1.807, 2.05) is 24.8 Å². The number of methoxy groups -OCH3 is 1. The Labute approximate surface area is 206 Å². The van der Waals surface area contributed by atoms with Crippen LogP contribution in [0.5, 0.6) is 5.75 Å². The van der Waals surface area contributed by atoms with E-state index in [-0.39, 0.29) is 22.6 Å². The number of nitrogens with zero attached hydrogens (tertiary/aromatic N) is 1. The highest BCUT2D eigenvalue weighted by Crippen LogP contribution is 2.35. The standard InChI is InChI=1S/C28H25FN2O5/c1-15-9-20(16(2)30-22-5-4-6-24(35-3)26(22)28(33)34)27-21(10-15)23(32)12-25(36-27)31-13-17-7-8-19(29)11-18(17)14-31/h4-12,16,30H,13-14H2,1-3H3,(H,33,34). The minimum atomic E-state index is -1.12. The monoisotopic (exact) mass is 488 g/mol. The van der Waals surface area contributed by atoms with Crippen molar-refractivity contribution in [1.29, 1.82) is 0 Å². The molecule has 1 aliphatic heterocycles. The summed E-state index contributed by atoms with van der Waals surface area (Å²) in [5, 5.41) is 13.4. The van der Waals surface area contributed by atoms with E-state index in [0.29, 0.717) is 41.2 Å². The van der Waals surface area contributed by atoms with Crippen LogP contribution >= 0.6 is 0 Å². The molecule has 1 atom stereocenters. The van der Waals surface area contributed by atoms with Crippen molar-refractivity contribution < 1.29 is 23.4 Å². The van der Waals surface area contributed by atoms with Gasteiger partial charge in [0.15, 0.2) is 5.43 Å². The molecule has 8 heteroatoms. The van der Waals surface area contributed by atoms with Crippen LogP contribution < -0.4 is 20.4 Å². The van der Waals surface area contributed by atoms with Crippen molar-refractivity contribution in [3.63, 3.8) is 0 Å². The molecule has 7 nitrogen and oxygen atoms in total. The van der Waals surface area contributed by atoms with Crippen LogP contribution in [0.2, 0.25) is 0 Å². The zero-order valence-electron chi connectivity index (χ0n) is 20.1. The molecule has 3 aromatic carbocycles. The SMILES string of the molecule is COc1cccc(NC(C)c2cc(C)cc3c(=O)cc(N4Cc5ccc(F)cc5C4)oc23)c1C(=O)O. The normalized spacial score (nSPS) is 13.5. The third-order valence-corrected chi connectivity index (χ3v) is 6.49. The number of anilines is 2. The topological polar surface area (TPSA) is 92.0 Å². The van der Waals surface area contributed by atoms with E-state index in [9.17, 15) is 19.1 Å². The fourth-order valence-electron chi connectivity index (χ4n) is 4.77. The lowest BCUT2D eigenvalue weighted by Gasteiger charge is -2.21. The summed E-state index contributed by atoms with van der Waals surface area (Å²) in [6, 6.07) is 14.4. The Morgan fingerprint density at radius 2 is 1.92 bits per heavy atom. The van der Waals surface area contributed by atoms with Crippen molar-refractivity contribution in [2.24, 2.45) is 0 Å². The highest BCUT2D eigenvalue weighted by atomic mass is 19.1. The van der Waals surface area contributed by atoms with Gasteiger partial charge in [0.05, 0.1) is 24.2 Å². The number of aryl methyl sites for hydroxylation is 1. The second kappa shape index (κ2) is 9.03. The Kier molecular flexibility index (Phi) is 5.88. The molecule has 0 saturated carbocycles. The molecular weight excluding hydrogens is 463 g/mol. The minimum Gasteiger partial charge on any atom is -0.496 e.